The van der Waals surface area contributed by atoms with E-state index in [2.05, 4.69) is 19.9 Å². The van der Waals surface area contributed by atoms with Crippen molar-refractivity contribution in [2.45, 2.75) is 64.5 Å². The van der Waals surface area contributed by atoms with Crippen molar-refractivity contribution in [1.82, 2.24) is 4.90 Å². The van der Waals surface area contributed by atoms with Gasteiger partial charge in [-0.3, -0.25) is 4.79 Å². The van der Waals surface area contributed by atoms with Crippen molar-refractivity contribution in [3.05, 3.63) is 65.5 Å². The molecule has 4 nitrogen and oxygen atoms in total. The maximum atomic E-state index is 14.3. The topological polar surface area (TPSA) is 38.8 Å². The van der Waals surface area contributed by atoms with Gasteiger partial charge in [-0.25, -0.2) is 4.39 Å². The second-order valence-corrected chi connectivity index (χ2v) is 9.10. The van der Waals surface area contributed by atoms with Crippen LogP contribution in [0.1, 0.15) is 57.6 Å². The van der Waals surface area contributed by atoms with Crippen LogP contribution >= 0.6 is 0 Å². The van der Waals surface area contributed by atoms with E-state index in [1.54, 1.807) is 24.1 Å². The van der Waals surface area contributed by atoms with E-state index in [4.69, 9.17) is 9.47 Å². The molecule has 1 fully saturated rings. The summed E-state index contributed by atoms with van der Waals surface area (Å²) in [6.07, 6.45) is 3.06. The van der Waals surface area contributed by atoms with Crippen LogP contribution in [0.2, 0.25) is 0 Å². The number of carbonyl (C=O) groups excluding carboxylic acids is 1. The third kappa shape index (κ3) is 5.50. The first-order valence-corrected chi connectivity index (χ1v) is 11.7. The molecule has 1 aliphatic heterocycles. The van der Waals surface area contributed by atoms with E-state index in [1.807, 2.05) is 31.2 Å². The Hall–Kier alpha value is -2.40. The third-order valence-corrected chi connectivity index (χ3v) is 6.76. The number of carbonyl (C=O) groups is 1. The van der Waals surface area contributed by atoms with E-state index in [1.165, 1.54) is 11.6 Å². The molecule has 32 heavy (non-hydrogen) atoms. The van der Waals surface area contributed by atoms with Gasteiger partial charge in [-0.2, -0.15) is 0 Å². The number of rotatable bonds is 9. The normalized spacial score (nSPS) is 20.9. The lowest BCUT2D eigenvalue weighted by Gasteiger charge is -2.44. The zero-order valence-electron chi connectivity index (χ0n) is 19.8. The lowest BCUT2D eigenvalue weighted by Crippen LogP contribution is -2.44. The molecule has 0 spiro atoms. The average molecular weight is 442 g/mol. The Labute approximate surface area is 191 Å². The minimum absolute atomic E-state index is 0.0379. The lowest BCUT2D eigenvalue weighted by atomic mass is 9.68. The highest BCUT2D eigenvalue weighted by Crippen LogP contribution is 2.45. The largest absolute Gasteiger partial charge is 0.496 e. The number of hydrogen-bond acceptors (Lipinski definition) is 3. The summed E-state index contributed by atoms with van der Waals surface area (Å²) in [4.78, 5) is 14.6. The van der Waals surface area contributed by atoms with Crippen LogP contribution in [0.25, 0.3) is 0 Å². The minimum atomic E-state index is -0.271. The monoisotopic (exact) mass is 441 g/mol. The van der Waals surface area contributed by atoms with Crippen LogP contribution < -0.4 is 4.74 Å². The molecule has 174 valence electrons. The maximum absolute atomic E-state index is 14.3. The first-order valence-electron chi connectivity index (χ1n) is 11.7. The van der Waals surface area contributed by atoms with Crippen LogP contribution in [-0.4, -0.2) is 37.2 Å². The van der Waals surface area contributed by atoms with Crippen molar-refractivity contribution >= 4 is 5.91 Å². The zero-order valence-corrected chi connectivity index (χ0v) is 19.8. The van der Waals surface area contributed by atoms with Crippen LogP contribution in [0.5, 0.6) is 5.75 Å². The number of methoxy groups -OCH3 is 1. The molecule has 3 rings (SSSR count). The van der Waals surface area contributed by atoms with Crippen LogP contribution in [0.4, 0.5) is 4.39 Å². The Morgan fingerprint density at radius 3 is 2.62 bits per heavy atom. The second-order valence-electron chi connectivity index (χ2n) is 9.10. The summed E-state index contributed by atoms with van der Waals surface area (Å²) in [6, 6.07) is 14.9. The fourth-order valence-electron chi connectivity index (χ4n) is 4.77. The molecule has 0 bridgehead atoms. The van der Waals surface area contributed by atoms with Gasteiger partial charge in [0.15, 0.2) is 0 Å². The number of hydrogen-bond donors (Lipinski definition) is 0. The molecule has 0 aromatic heterocycles. The number of amides is 1. The van der Waals surface area contributed by atoms with Crippen molar-refractivity contribution in [2.24, 2.45) is 5.92 Å². The van der Waals surface area contributed by atoms with E-state index < -0.39 is 0 Å². The van der Waals surface area contributed by atoms with Crippen LogP contribution in [0.15, 0.2) is 48.5 Å². The average Bonchev–Trinajstić information content (AvgIpc) is 2.82. The standard InChI is InChI=1S/C27H36FNO3/c1-5-26(30)29(19-21-10-6-8-12-23(21)28)16-14-27(15-17-32-25(18-27)20(2)3)22-11-7-9-13-24(22)31-4/h6-13,20,25H,5,14-19H2,1-4H3/t25-,27+/m1/s1. The SMILES string of the molecule is CCC(=O)N(CC[C@]1(c2ccccc2OC)CCO[C@@H](C(C)C)C1)Cc1ccccc1F. The number of para-hydroxylation sites is 1. The molecule has 2 aromatic carbocycles. The zero-order chi connectivity index (χ0) is 23.1. The van der Waals surface area contributed by atoms with Crippen LogP contribution in [0.3, 0.4) is 0 Å². The quantitative estimate of drug-likeness (QED) is 0.498. The van der Waals surface area contributed by atoms with Crippen molar-refractivity contribution in [2.75, 3.05) is 20.3 Å². The molecular formula is C27H36FNO3. The van der Waals surface area contributed by atoms with Crippen molar-refractivity contribution in [3.8, 4) is 5.75 Å². The molecule has 2 aromatic rings. The Morgan fingerprint density at radius 2 is 1.94 bits per heavy atom. The number of nitrogens with zero attached hydrogens (tertiary/aromatic N) is 1. The summed E-state index contributed by atoms with van der Waals surface area (Å²) >= 11 is 0. The number of ether oxygens (including phenoxy) is 2. The summed E-state index contributed by atoms with van der Waals surface area (Å²) in [5.74, 6) is 1.04. The Kier molecular flexibility index (Phi) is 8.30. The van der Waals surface area contributed by atoms with Crippen molar-refractivity contribution < 1.29 is 18.7 Å². The molecule has 1 aliphatic rings. The van der Waals surface area contributed by atoms with Gasteiger partial charge in [-0.15, -0.1) is 0 Å². The van der Waals surface area contributed by atoms with E-state index in [-0.39, 0.29) is 29.8 Å². The van der Waals surface area contributed by atoms with E-state index >= 15 is 0 Å². The Balaban J connectivity index is 1.91. The van der Waals surface area contributed by atoms with Gasteiger partial charge in [0.05, 0.1) is 13.2 Å². The highest BCUT2D eigenvalue weighted by molar-refractivity contribution is 5.75. The second kappa shape index (κ2) is 11.0. The third-order valence-electron chi connectivity index (χ3n) is 6.76. The maximum Gasteiger partial charge on any atom is 0.222 e. The van der Waals surface area contributed by atoms with Gasteiger partial charge < -0.3 is 14.4 Å². The van der Waals surface area contributed by atoms with E-state index in [0.717, 1.165) is 25.0 Å². The molecule has 0 saturated carbocycles. The molecule has 0 aliphatic carbocycles. The molecule has 0 unspecified atom stereocenters. The molecule has 0 N–H and O–H groups in total. The summed E-state index contributed by atoms with van der Waals surface area (Å²) in [7, 11) is 1.71. The molecule has 2 atom stereocenters. The fourth-order valence-corrected chi connectivity index (χ4v) is 4.77. The predicted molar refractivity (Wildman–Crippen MR) is 125 cm³/mol. The first kappa shape index (κ1) is 24.2. The number of benzene rings is 2. The fraction of sp³-hybridized carbons (Fsp3) is 0.519. The highest BCUT2D eigenvalue weighted by atomic mass is 19.1. The van der Waals surface area contributed by atoms with E-state index in [9.17, 15) is 9.18 Å². The summed E-state index contributed by atoms with van der Waals surface area (Å²) in [6.45, 7) is 7.75. The minimum Gasteiger partial charge on any atom is -0.496 e. The smallest absolute Gasteiger partial charge is 0.222 e. The van der Waals surface area contributed by atoms with Crippen LogP contribution in [0, 0.1) is 11.7 Å². The van der Waals surface area contributed by atoms with Gasteiger partial charge in [0.2, 0.25) is 5.91 Å². The van der Waals surface area contributed by atoms with E-state index in [0.29, 0.717) is 31.1 Å². The molecule has 1 saturated heterocycles. The van der Waals surface area contributed by atoms with Crippen molar-refractivity contribution in [3.63, 3.8) is 0 Å². The van der Waals surface area contributed by atoms with Gasteiger partial charge in [0, 0.05) is 42.7 Å². The van der Waals surface area contributed by atoms with Gasteiger partial charge in [-0.05, 0) is 37.3 Å². The molecule has 5 heteroatoms. The summed E-state index contributed by atoms with van der Waals surface area (Å²) in [5, 5.41) is 0. The van der Waals surface area contributed by atoms with Crippen LogP contribution in [-0.2, 0) is 21.5 Å². The Bertz CT molecular complexity index is 900. The van der Waals surface area contributed by atoms with Gasteiger partial charge >= 0.3 is 0 Å². The predicted octanol–water partition coefficient (Wildman–Crippen LogP) is 5.74. The molecule has 1 heterocycles. The molecular weight excluding hydrogens is 405 g/mol. The summed E-state index contributed by atoms with van der Waals surface area (Å²) in [5.41, 5.74) is 1.56. The van der Waals surface area contributed by atoms with Gasteiger partial charge in [0.1, 0.15) is 11.6 Å². The Morgan fingerprint density at radius 1 is 1.22 bits per heavy atom. The molecule has 1 amide bonds. The first-order chi connectivity index (χ1) is 15.4. The lowest BCUT2D eigenvalue weighted by molar-refractivity contribution is -0.132. The van der Waals surface area contributed by atoms with Gasteiger partial charge in [0.25, 0.3) is 0 Å². The van der Waals surface area contributed by atoms with Crippen molar-refractivity contribution in [1.29, 1.82) is 0 Å². The van der Waals surface area contributed by atoms with Gasteiger partial charge in [-0.1, -0.05) is 57.2 Å². The summed E-state index contributed by atoms with van der Waals surface area (Å²) < 4.78 is 26.2. The number of halogens is 1. The highest BCUT2D eigenvalue weighted by Gasteiger charge is 2.41. The molecule has 0 radical (unpaired) electrons.